The van der Waals surface area contributed by atoms with Gasteiger partial charge in [-0.25, -0.2) is 0 Å². The Bertz CT molecular complexity index is 588. The predicted octanol–water partition coefficient (Wildman–Crippen LogP) is 3.01. The van der Waals surface area contributed by atoms with Crippen molar-refractivity contribution in [3.63, 3.8) is 0 Å². The summed E-state index contributed by atoms with van der Waals surface area (Å²) in [7, 11) is 0. The molecule has 2 rings (SSSR count). The smallest absolute Gasteiger partial charge is 0.287 e. The van der Waals surface area contributed by atoms with Crippen LogP contribution in [-0.2, 0) is 0 Å². The molecule has 1 N–H and O–H groups in total. The Morgan fingerprint density at radius 2 is 1.95 bits per heavy atom. The maximum atomic E-state index is 11.6. The summed E-state index contributed by atoms with van der Waals surface area (Å²) in [6, 6.07) is 7.44. The average molecular weight is 273 g/mol. The molecule has 106 valence electrons. The van der Waals surface area contributed by atoms with E-state index in [4.69, 9.17) is 9.15 Å². The molecule has 4 heteroatoms. The molecular weight excluding hydrogens is 254 g/mol. The van der Waals surface area contributed by atoms with Crippen molar-refractivity contribution < 1.29 is 13.9 Å². The van der Waals surface area contributed by atoms with Crippen LogP contribution in [0.5, 0.6) is 5.75 Å². The first kappa shape index (κ1) is 14.2. The highest BCUT2D eigenvalue weighted by Crippen LogP contribution is 2.22. The van der Waals surface area contributed by atoms with Gasteiger partial charge in [-0.3, -0.25) is 4.79 Å². The third-order valence-electron chi connectivity index (χ3n) is 3.18. The van der Waals surface area contributed by atoms with Crippen LogP contribution >= 0.6 is 0 Å². The normalized spacial score (nSPS) is 10.3. The number of carbonyl (C=O) groups is 1. The Hall–Kier alpha value is -2.23. The van der Waals surface area contributed by atoms with Gasteiger partial charge in [-0.1, -0.05) is 6.07 Å². The second-order valence-corrected chi connectivity index (χ2v) is 4.78. The lowest BCUT2D eigenvalue weighted by Crippen LogP contribution is -2.27. The molecule has 1 heterocycles. The van der Waals surface area contributed by atoms with Crippen LogP contribution in [0.2, 0.25) is 0 Å². The third kappa shape index (κ3) is 3.41. The summed E-state index contributed by atoms with van der Waals surface area (Å²) in [6.45, 7) is 7.01. The number of benzene rings is 1. The van der Waals surface area contributed by atoms with Gasteiger partial charge in [0.1, 0.15) is 12.4 Å². The largest absolute Gasteiger partial charge is 0.491 e. The number of hydrogen-bond acceptors (Lipinski definition) is 3. The lowest BCUT2D eigenvalue weighted by atomic mass is 10.1. The van der Waals surface area contributed by atoms with Crippen molar-refractivity contribution in [2.24, 2.45) is 0 Å². The third-order valence-corrected chi connectivity index (χ3v) is 3.18. The molecular formula is C16H19NO3. The van der Waals surface area contributed by atoms with Crippen LogP contribution in [0.1, 0.15) is 27.2 Å². The second kappa shape index (κ2) is 6.28. The van der Waals surface area contributed by atoms with Gasteiger partial charge in [0.25, 0.3) is 5.91 Å². The Morgan fingerprint density at radius 3 is 2.65 bits per heavy atom. The monoisotopic (exact) mass is 273 g/mol. The van der Waals surface area contributed by atoms with Crippen molar-refractivity contribution in [2.45, 2.75) is 20.8 Å². The van der Waals surface area contributed by atoms with Crippen LogP contribution in [0, 0.1) is 20.8 Å². The predicted molar refractivity (Wildman–Crippen MR) is 77.2 cm³/mol. The molecule has 0 unspecified atom stereocenters. The number of rotatable bonds is 5. The molecule has 0 aliphatic carbocycles. The van der Waals surface area contributed by atoms with Crippen LogP contribution < -0.4 is 10.1 Å². The van der Waals surface area contributed by atoms with Gasteiger partial charge in [0.05, 0.1) is 12.8 Å². The molecule has 0 atom stereocenters. The average Bonchev–Trinajstić information content (AvgIpc) is 2.94. The van der Waals surface area contributed by atoms with Gasteiger partial charge in [-0.15, -0.1) is 0 Å². The van der Waals surface area contributed by atoms with Gasteiger partial charge < -0.3 is 14.5 Å². The fraction of sp³-hybridized carbons (Fsp3) is 0.312. The fourth-order valence-corrected chi connectivity index (χ4v) is 1.91. The Kier molecular flexibility index (Phi) is 4.45. The molecule has 2 aromatic rings. The van der Waals surface area contributed by atoms with E-state index in [1.807, 2.05) is 13.0 Å². The number of carbonyl (C=O) groups excluding carboxylic acids is 1. The van der Waals surface area contributed by atoms with E-state index < -0.39 is 0 Å². The molecule has 0 fully saturated rings. The summed E-state index contributed by atoms with van der Waals surface area (Å²) in [5.74, 6) is 0.947. The number of ether oxygens (including phenoxy) is 1. The van der Waals surface area contributed by atoms with E-state index in [1.165, 1.54) is 17.4 Å². The summed E-state index contributed by atoms with van der Waals surface area (Å²) in [5, 5.41) is 2.74. The first-order valence-electron chi connectivity index (χ1n) is 6.60. The van der Waals surface area contributed by atoms with Gasteiger partial charge >= 0.3 is 0 Å². The molecule has 1 aromatic carbocycles. The van der Waals surface area contributed by atoms with Gasteiger partial charge in [-0.2, -0.15) is 0 Å². The highest BCUT2D eigenvalue weighted by Gasteiger charge is 2.07. The molecule has 20 heavy (non-hydrogen) atoms. The van der Waals surface area contributed by atoms with E-state index in [1.54, 1.807) is 12.1 Å². The van der Waals surface area contributed by atoms with Gasteiger partial charge in [0.2, 0.25) is 0 Å². The fourth-order valence-electron chi connectivity index (χ4n) is 1.91. The lowest BCUT2D eigenvalue weighted by Gasteiger charge is -2.12. The molecule has 4 nitrogen and oxygen atoms in total. The Labute approximate surface area is 118 Å². The van der Waals surface area contributed by atoms with E-state index in [2.05, 4.69) is 25.2 Å². The van der Waals surface area contributed by atoms with Crippen LogP contribution in [0.4, 0.5) is 0 Å². The second-order valence-electron chi connectivity index (χ2n) is 4.78. The van der Waals surface area contributed by atoms with E-state index in [-0.39, 0.29) is 5.91 Å². The summed E-state index contributed by atoms with van der Waals surface area (Å²) in [5.41, 5.74) is 3.55. The van der Waals surface area contributed by atoms with E-state index in [0.29, 0.717) is 18.9 Å². The van der Waals surface area contributed by atoms with Gasteiger partial charge in [0, 0.05) is 0 Å². The molecule has 1 aromatic heterocycles. The number of hydrogen-bond donors (Lipinski definition) is 1. The van der Waals surface area contributed by atoms with Crippen molar-refractivity contribution in [3.05, 3.63) is 53.0 Å². The molecule has 0 radical (unpaired) electrons. The van der Waals surface area contributed by atoms with Crippen LogP contribution in [0.25, 0.3) is 0 Å². The molecule has 0 bridgehead atoms. The van der Waals surface area contributed by atoms with Crippen molar-refractivity contribution >= 4 is 5.91 Å². The quantitative estimate of drug-likeness (QED) is 0.852. The molecule has 0 spiro atoms. The molecule has 0 saturated heterocycles. The minimum absolute atomic E-state index is 0.226. The zero-order valence-corrected chi connectivity index (χ0v) is 12.0. The summed E-state index contributed by atoms with van der Waals surface area (Å²) in [6.07, 6.45) is 1.48. The van der Waals surface area contributed by atoms with Gasteiger partial charge in [0.15, 0.2) is 5.76 Å². The first-order valence-corrected chi connectivity index (χ1v) is 6.60. The van der Waals surface area contributed by atoms with E-state index >= 15 is 0 Å². The maximum Gasteiger partial charge on any atom is 0.287 e. The minimum Gasteiger partial charge on any atom is -0.491 e. The first-order chi connectivity index (χ1) is 9.58. The minimum atomic E-state index is -0.226. The van der Waals surface area contributed by atoms with Crippen molar-refractivity contribution in [2.75, 3.05) is 13.2 Å². The summed E-state index contributed by atoms with van der Waals surface area (Å²) >= 11 is 0. The van der Waals surface area contributed by atoms with Gasteiger partial charge in [-0.05, 0) is 55.7 Å². The number of aryl methyl sites for hydroxylation is 3. The van der Waals surface area contributed by atoms with Crippen LogP contribution in [0.15, 0.2) is 34.9 Å². The van der Waals surface area contributed by atoms with Crippen molar-refractivity contribution in [1.29, 1.82) is 0 Å². The zero-order valence-electron chi connectivity index (χ0n) is 12.0. The van der Waals surface area contributed by atoms with Crippen molar-refractivity contribution in [1.82, 2.24) is 5.32 Å². The molecule has 0 saturated carbocycles. The number of nitrogens with one attached hydrogen (secondary N) is 1. The highest BCUT2D eigenvalue weighted by molar-refractivity contribution is 5.91. The molecule has 0 aliphatic rings. The summed E-state index contributed by atoms with van der Waals surface area (Å²) in [4.78, 5) is 11.6. The topological polar surface area (TPSA) is 51.5 Å². The zero-order chi connectivity index (χ0) is 14.5. The molecule has 0 aliphatic heterocycles. The van der Waals surface area contributed by atoms with E-state index in [9.17, 15) is 4.79 Å². The standard InChI is InChI=1S/C16H19NO3/c1-11-9-13(3)15(10-12(11)2)20-8-6-17-16(18)14-5-4-7-19-14/h4-5,7,9-10H,6,8H2,1-3H3,(H,17,18). The maximum absolute atomic E-state index is 11.6. The SMILES string of the molecule is Cc1cc(C)c(OCCNC(=O)c2ccco2)cc1C. The number of furan rings is 1. The van der Waals surface area contributed by atoms with E-state index in [0.717, 1.165) is 11.3 Å². The van der Waals surface area contributed by atoms with Crippen molar-refractivity contribution in [3.8, 4) is 5.75 Å². The Morgan fingerprint density at radius 1 is 1.20 bits per heavy atom. The van der Waals surface area contributed by atoms with Crippen LogP contribution in [-0.4, -0.2) is 19.1 Å². The lowest BCUT2D eigenvalue weighted by molar-refractivity contribution is 0.0919. The highest BCUT2D eigenvalue weighted by atomic mass is 16.5. The van der Waals surface area contributed by atoms with Crippen LogP contribution in [0.3, 0.4) is 0 Å². The Balaban J connectivity index is 1.82. The molecule has 1 amide bonds. The number of amides is 1. The summed E-state index contributed by atoms with van der Waals surface area (Å²) < 4.78 is 10.7.